The summed E-state index contributed by atoms with van der Waals surface area (Å²) in [5.74, 6) is 0.795. The number of carboxylic acids is 1. The number of aliphatic carboxylic acids is 1. The predicted octanol–water partition coefficient (Wildman–Crippen LogP) is 15.6. The maximum absolute atomic E-state index is 13.6. The van der Waals surface area contributed by atoms with Gasteiger partial charge in [-0.05, 0) is 50.7 Å². The molecule has 1 aromatic carbocycles. The third-order valence-electron chi connectivity index (χ3n) is 12.3. The molecule has 0 aliphatic rings. The topological polar surface area (TPSA) is 123 Å². The molecule has 0 spiro atoms. The third kappa shape index (κ3) is 36.3. The van der Waals surface area contributed by atoms with Crippen molar-refractivity contribution in [2.75, 3.05) is 32.9 Å². The number of hydrogen-bond acceptors (Lipinski definition) is 6. The highest BCUT2D eigenvalue weighted by Gasteiger charge is 2.19. The van der Waals surface area contributed by atoms with E-state index in [-0.39, 0.29) is 18.2 Å². The zero-order valence-electron chi connectivity index (χ0n) is 42.0. The van der Waals surface area contributed by atoms with Gasteiger partial charge in [-0.2, -0.15) is 0 Å². The Hall–Kier alpha value is -2.97. The lowest BCUT2D eigenvalue weighted by atomic mass is 10.1. The van der Waals surface area contributed by atoms with Crippen LogP contribution >= 0.6 is 0 Å². The zero-order valence-corrected chi connectivity index (χ0v) is 42.0. The largest absolute Gasteiger partial charge is 0.490 e. The molecule has 0 saturated heterocycles. The number of benzene rings is 1. The molecular formula is C55H100N2O7. The minimum Gasteiger partial charge on any atom is -0.490 e. The number of ether oxygens (including phenoxy) is 3. The second kappa shape index (κ2) is 45.2. The number of carbonyl (C=O) groups is 3. The van der Waals surface area contributed by atoms with Gasteiger partial charge in [0.25, 0.3) is 5.91 Å². The fraction of sp³-hybridized carbons (Fsp3) is 0.836. The second-order valence-corrected chi connectivity index (χ2v) is 18.5. The number of rotatable bonds is 49. The van der Waals surface area contributed by atoms with Gasteiger partial charge in [0.05, 0.1) is 19.8 Å². The fourth-order valence-corrected chi connectivity index (χ4v) is 8.17. The summed E-state index contributed by atoms with van der Waals surface area (Å²) < 4.78 is 19.5. The first-order chi connectivity index (χ1) is 31.4. The monoisotopic (exact) mass is 901 g/mol. The van der Waals surface area contributed by atoms with E-state index in [0.29, 0.717) is 75.0 Å². The summed E-state index contributed by atoms with van der Waals surface area (Å²) in [6.07, 6.45) is 43.2. The van der Waals surface area contributed by atoms with Gasteiger partial charge in [0.15, 0.2) is 11.5 Å². The van der Waals surface area contributed by atoms with Crippen molar-refractivity contribution in [1.29, 1.82) is 0 Å². The molecule has 2 amide bonds. The number of amides is 2. The Kier molecular flexibility index (Phi) is 41.7. The summed E-state index contributed by atoms with van der Waals surface area (Å²) in [6.45, 7) is 9.51. The maximum Gasteiger partial charge on any atom is 0.303 e. The van der Waals surface area contributed by atoms with Crippen LogP contribution in [0.1, 0.15) is 275 Å². The molecule has 0 radical (unpaired) electrons. The van der Waals surface area contributed by atoms with Gasteiger partial charge in [-0.25, -0.2) is 0 Å². The van der Waals surface area contributed by atoms with Crippen molar-refractivity contribution in [3.05, 3.63) is 17.7 Å². The van der Waals surface area contributed by atoms with Crippen molar-refractivity contribution in [1.82, 2.24) is 10.6 Å². The van der Waals surface area contributed by atoms with Gasteiger partial charge in [-0.3, -0.25) is 14.4 Å². The predicted molar refractivity (Wildman–Crippen MR) is 268 cm³/mol. The van der Waals surface area contributed by atoms with Crippen LogP contribution in [0, 0.1) is 0 Å². The van der Waals surface area contributed by atoms with Gasteiger partial charge in [0.2, 0.25) is 11.7 Å². The van der Waals surface area contributed by atoms with Crippen molar-refractivity contribution in [3.63, 3.8) is 0 Å². The first-order valence-electron chi connectivity index (χ1n) is 27.3. The van der Waals surface area contributed by atoms with E-state index in [1.54, 1.807) is 0 Å². The summed E-state index contributed by atoms with van der Waals surface area (Å²) in [5.41, 5.74) is 0.482. The Bertz CT molecular complexity index is 1190. The van der Waals surface area contributed by atoms with E-state index in [1.165, 1.54) is 154 Å². The minimum absolute atomic E-state index is 0.0191. The van der Waals surface area contributed by atoms with Crippen molar-refractivity contribution in [2.24, 2.45) is 0 Å². The summed E-state index contributed by atoms with van der Waals surface area (Å²) >= 11 is 0. The highest BCUT2D eigenvalue weighted by Crippen LogP contribution is 2.40. The molecule has 0 atom stereocenters. The summed E-state index contributed by atoms with van der Waals surface area (Å²) in [6, 6.07) is 3.64. The van der Waals surface area contributed by atoms with Crippen molar-refractivity contribution >= 4 is 17.8 Å². The highest BCUT2D eigenvalue weighted by atomic mass is 16.5. The molecule has 0 aliphatic carbocycles. The maximum atomic E-state index is 13.6. The zero-order chi connectivity index (χ0) is 46.4. The second-order valence-electron chi connectivity index (χ2n) is 18.5. The van der Waals surface area contributed by atoms with E-state index in [1.807, 2.05) is 12.1 Å². The SMILES string of the molecule is CCCCCCCCCCCCOc1cc(C(=O)NCCCC(=O)NCCCCCCCC(=O)O)cc(OCCCCCCCCCCCC)c1OCCCCCCCCCCCC. The summed E-state index contributed by atoms with van der Waals surface area (Å²) in [5, 5.41) is 14.8. The van der Waals surface area contributed by atoms with E-state index in [4.69, 9.17) is 19.3 Å². The Morgan fingerprint density at radius 2 is 0.750 bits per heavy atom. The molecule has 3 N–H and O–H groups in total. The molecule has 9 nitrogen and oxygen atoms in total. The van der Waals surface area contributed by atoms with Crippen LogP contribution in [0.2, 0.25) is 0 Å². The summed E-state index contributed by atoms with van der Waals surface area (Å²) in [4.78, 5) is 36.8. The molecule has 0 aliphatic heterocycles. The van der Waals surface area contributed by atoms with Gasteiger partial charge in [0.1, 0.15) is 0 Å². The highest BCUT2D eigenvalue weighted by molar-refractivity contribution is 5.95. The smallest absolute Gasteiger partial charge is 0.303 e. The van der Waals surface area contributed by atoms with Gasteiger partial charge >= 0.3 is 5.97 Å². The van der Waals surface area contributed by atoms with Gasteiger partial charge < -0.3 is 30.0 Å². The van der Waals surface area contributed by atoms with E-state index >= 15 is 0 Å². The molecule has 1 rings (SSSR count). The fourth-order valence-electron chi connectivity index (χ4n) is 8.17. The Morgan fingerprint density at radius 1 is 0.406 bits per heavy atom. The van der Waals surface area contributed by atoms with Crippen LogP contribution in [0.15, 0.2) is 12.1 Å². The van der Waals surface area contributed by atoms with Gasteiger partial charge in [-0.1, -0.05) is 213 Å². The molecule has 0 unspecified atom stereocenters. The molecular weight excluding hydrogens is 801 g/mol. The van der Waals surface area contributed by atoms with Crippen LogP contribution < -0.4 is 24.8 Å². The first kappa shape index (κ1) is 59.0. The lowest BCUT2D eigenvalue weighted by molar-refractivity contribution is -0.137. The van der Waals surface area contributed by atoms with E-state index in [2.05, 4.69) is 31.4 Å². The average molecular weight is 901 g/mol. The average Bonchev–Trinajstić information content (AvgIpc) is 3.29. The lowest BCUT2D eigenvalue weighted by Crippen LogP contribution is -2.28. The quantitative estimate of drug-likeness (QED) is 0.0557. The molecule has 0 heterocycles. The Labute approximate surface area is 393 Å². The molecule has 0 bridgehead atoms. The standard InChI is InChI=1S/C55H100N2O7/c1-4-7-10-13-16-19-22-25-31-36-44-62-50-47-49(55(61)57-43-39-40-52(58)56-42-35-30-28-29-34-41-53(59)60)48-51(63-45-37-32-26-23-20-17-14-11-8-5-2)54(50)64-46-38-33-27-24-21-18-15-12-9-6-3/h47-48H,4-46H2,1-3H3,(H,56,58)(H,57,61)(H,59,60). The van der Waals surface area contributed by atoms with Crippen LogP contribution in [0.3, 0.4) is 0 Å². The number of carboxylic acid groups (broad SMARTS) is 1. The molecule has 0 fully saturated rings. The summed E-state index contributed by atoms with van der Waals surface area (Å²) in [7, 11) is 0. The normalized spacial score (nSPS) is 11.2. The molecule has 0 saturated carbocycles. The third-order valence-corrected chi connectivity index (χ3v) is 12.3. The van der Waals surface area contributed by atoms with E-state index in [9.17, 15) is 14.4 Å². The Balaban J connectivity index is 2.88. The van der Waals surface area contributed by atoms with Crippen LogP contribution in [-0.2, 0) is 9.59 Å². The lowest BCUT2D eigenvalue weighted by Gasteiger charge is -2.19. The van der Waals surface area contributed by atoms with Crippen molar-refractivity contribution < 1.29 is 33.7 Å². The van der Waals surface area contributed by atoms with Crippen LogP contribution in [0.25, 0.3) is 0 Å². The van der Waals surface area contributed by atoms with Crippen LogP contribution in [-0.4, -0.2) is 55.8 Å². The van der Waals surface area contributed by atoms with Crippen LogP contribution in [0.5, 0.6) is 17.2 Å². The first-order valence-corrected chi connectivity index (χ1v) is 27.3. The molecule has 64 heavy (non-hydrogen) atoms. The van der Waals surface area contributed by atoms with Gasteiger partial charge in [0, 0.05) is 31.5 Å². The number of hydrogen-bond donors (Lipinski definition) is 3. The number of carbonyl (C=O) groups excluding carboxylic acids is 2. The van der Waals surface area contributed by atoms with Crippen molar-refractivity contribution in [3.8, 4) is 17.2 Å². The van der Waals surface area contributed by atoms with E-state index in [0.717, 1.165) is 64.2 Å². The number of nitrogens with one attached hydrogen (secondary N) is 2. The number of unbranched alkanes of at least 4 members (excludes halogenated alkanes) is 31. The molecule has 372 valence electrons. The van der Waals surface area contributed by atoms with Gasteiger partial charge in [-0.15, -0.1) is 0 Å². The van der Waals surface area contributed by atoms with Crippen LogP contribution in [0.4, 0.5) is 0 Å². The Morgan fingerprint density at radius 3 is 1.16 bits per heavy atom. The molecule has 0 aromatic heterocycles. The molecule has 9 heteroatoms. The minimum atomic E-state index is -0.747. The van der Waals surface area contributed by atoms with Crippen molar-refractivity contribution in [2.45, 2.75) is 265 Å². The molecule has 1 aromatic rings. The van der Waals surface area contributed by atoms with E-state index < -0.39 is 5.97 Å².